The van der Waals surface area contributed by atoms with Crippen molar-refractivity contribution in [1.29, 1.82) is 10.5 Å². The monoisotopic (exact) mass is 342 g/mol. The van der Waals surface area contributed by atoms with E-state index < -0.39 is 5.92 Å². The van der Waals surface area contributed by atoms with Crippen molar-refractivity contribution < 1.29 is 0 Å². The number of rotatable bonds is 1. The number of hydrogen-bond donors (Lipinski definition) is 1. The largest absolute Gasteiger partial charge is 0.384 e. The Morgan fingerprint density at radius 2 is 1.68 bits per heavy atom. The molecule has 4 nitrogen and oxygen atoms in total. The highest BCUT2D eigenvalue weighted by molar-refractivity contribution is 8.03. The first-order valence-corrected chi connectivity index (χ1v) is 8.65. The average molecular weight is 342 g/mol. The highest BCUT2D eigenvalue weighted by Crippen LogP contribution is 2.54. The van der Waals surface area contributed by atoms with E-state index in [1.807, 2.05) is 60.4 Å². The van der Waals surface area contributed by atoms with Crippen LogP contribution in [0.2, 0.25) is 0 Å². The molecule has 0 spiro atoms. The first kappa shape index (κ1) is 15.4. The van der Waals surface area contributed by atoms with Gasteiger partial charge in [0.05, 0.1) is 34.9 Å². The summed E-state index contributed by atoms with van der Waals surface area (Å²) in [7, 11) is 0. The van der Waals surface area contributed by atoms with E-state index >= 15 is 0 Å². The Bertz CT molecular complexity index is 1020. The van der Waals surface area contributed by atoms with E-state index in [2.05, 4.69) is 12.1 Å². The number of anilines is 1. The van der Waals surface area contributed by atoms with Gasteiger partial charge in [0.15, 0.2) is 0 Å². The molecule has 0 radical (unpaired) electrons. The van der Waals surface area contributed by atoms with Gasteiger partial charge in [-0.05, 0) is 24.6 Å². The quantitative estimate of drug-likeness (QED) is 0.843. The second-order valence-electron chi connectivity index (χ2n) is 5.99. The first-order valence-electron chi connectivity index (χ1n) is 7.83. The van der Waals surface area contributed by atoms with Crippen LogP contribution in [0.1, 0.15) is 17.0 Å². The van der Waals surface area contributed by atoms with Crippen molar-refractivity contribution in [3.63, 3.8) is 0 Å². The highest BCUT2D eigenvalue weighted by Gasteiger charge is 2.40. The van der Waals surface area contributed by atoms with Crippen LogP contribution in [0.5, 0.6) is 0 Å². The van der Waals surface area contributed by atoms with E-state index in [4.69, 9.17) is 5.73 Å². The first-order chi connectivity index (χ1) is 12.2. The summed E-state index contributed by atoms with van der Waals surface area (Å²) in [4.78, 5) is 2.87. The molecule has 2 aliphatic rings. The maximum absolute atomic E-state index is 9.88. The number of nitrogens with two attached hydrogens (primary N) is 1. The summed E-state index contributed by atoms with van der Waals surface area (Å²) < 4.78 is 0. The van der Waals surface area contributed by atoms with Gasteiger partial charge in [-0.3, -0.25) is 4.90 Å². The summed E-state index contributed by atoms with van der Waals surface area (Å²) in [6.45, 7) is 2.01. The summed E-state index contributed by atoms with van der Waals surface area (Å²) in [5, 5.41) is 20.5. The molecule has 0 saturated carbocycles. The minimum atomic E-state index is -0.427. The van der Waals surface area contributed by atoms with Gasteiger partial charge in [-0.15, -0.1) is 0 Å². The minimum Gasteiger partial charge on any atom is -0.384 e. The van der Waals surface area contributed by atoms with Gasteiger partial charge >= 0.3 is 0 Å². The molecule has 0 fully saturated rings. The van der Waals surface area contributed by atoms with Crippen molar-refractivity contribution in [3.8, 4) is 12.1 Å². The molecule has 2 aromatic rings. The highest BCUT2D eigenvalue weighted by atomic mass is 32.2. The van der Waals surface area contributed by atoms with Crippen molar-refractivity contribution in [2.45, 2.75) is 17.7 Å². The summed E-state index contributed by atoms with van der Waals surface area (Å²) in [6.07, 6.45) is 0. The molecule has 0 saturated heterocycles. The fraction of sp³-hybridized carbons (Fsp3) is 0.100. The lowest BCUT2D eigenvalue weighted by atomic mass is 9.83. The number of allylic oxidation sites excluding steroid dienone is 2. The molecule has 1 atom stereocenters. The topological polar surface area (TPSA) is 76.8 Å². The Morgan fingerprint density at radius 1 is 1.00 bits per heavy atom. The molecule has 120 valence electrons. The van der Waals surface area contributed by atoms with Gasteiger partial charge < -0.3 is 5.73 Å². The van der Waals surface area contributed by atoms with Crippen LogP contribution < -0.4 is 10.6 Å². The van der Waals surface area contributed by atoms with Crippen molar-refractivity contribution in [2.75, 3.05) is 4.90 Å². The summed E-state index contributed by atoms with van der Waals surface area (Å²) >= 11 is 1.53. The van der Waals surface area contributed by atoms with Crippen LogP contribution in [-0.2, 0) is 0 Å². The Kier molecular flexibility index (Phi) is 3.53. The van der Waals surface area contributed by atoms with E-state index in [1.165, 1.54) is 11.8 Å². The number of hydrogen-bond acceptors (Lipinski definition) is 5. The number of benzene rings is 2. The molecule has 0 bridgehead atoms. The number of aryl methyl sites for hydroxylation is 1. The predicted molar refractivity (Wildman–Crippen MR) is 98.2 cm³/mol. The van der Waals surface area contributed by atoms with Crippen LogP contribution >= 0.6 is 11.8 Å². The lowest BCUT2D eigenvalue weighted by Gasteiger charge is -2.31. The second-order valence-corrected chi connectivity index (χ2v) is 7.02. The van der Waals surface area contributed by atoms with Gasteiger partial charge in [0, 0.05) is 4.90 Å². The normalized spacial score (nSPS) is 18.5. The SMILES string of the molecule is Cc1ccc([C@H]2C(C#N)=C(N)N3C(=C2C#N)Sc2ccccc23)cc1. The van der Waals surface area contributed by atoms with Crippen molar-refractivity contribution in [1.82, 2.24) is 0 Å². The molecule has 0 aromatic heterocycles. The van der Waals surface area contributed by atoms with Crippen LogP contribution in [0, 0.1) is 29.6 Å². The maximum atomic E-state index is 9.88. The van der Waals surface area contributed by atoms with Gasteiger partial charge in [-0.1, -0.05) is 53.7 Å². The van der Waals surface area contributed by atoms with Crippen molar-refractivity contribution in [2.24, 2.45) is 5.73 Å². The predicted octanol–water partition coefficient (Wildman–Crippen LogP) is 4.13. The molecule has 0 unspecified atom stereocenters. The standard InChI is InChI=1S/C20H14N4S/c1-12-6-8-13(9-7-12)18-14(10-21)19(23)24-16-4-2-3-5-17(16)25-20(24)15(18)11-22/h2-9,18H,23H2,1H3/t18-/m0/s1. The summed E-state index contributed by atoms with van der Waals surface area (Å²) in [5.74, 6) is -0.0248. The molecule has 5 heteroatoms. The van der Waals surface area contributed by atoms with E-state index in [1.54, 1.807) is 0 Å². The molecule has 0 aliphatic carbocycles. The Balaban J connectivity index is 1.96. The zero-order valence-electron chi connectivity index (χ0n) is 13.5. The minimum absolute atomic E-state index is 0.402. The Labute approximate surface area is 150 Å². The molecule has 2 aromatic carbocycles. The second kappa shape index (κ2) is 5.73. The van der Waals surface area contributed by atoms with Crippen LogP contribution in [0.15, 0.2) is 75.4 Å². The Morgan fingerprint density at radius 3 is 2.36 bits per heavy atom. The van der Waals surface area contributed by atoms with E-state index in [9.17, 15) is 10.5 Å². The van der Waals surface area contributed by atoms with Crippen molar-refractivity contribution in [3.05, 3.63) is 81.7 Å². The van der Waals surface area contributed by atoms with E-state index in [-0.39, 0.29) is 0 Å². The Hall–Kier alpha value is -3.15. The zero-order valence-corrected chi connectivity index (χ0v) is 14.3. The molecule has 2 heterocycles. The summed E-state index contributed by atoms with van der Waals surface area (Å²) in [6, 6.07) is 20.3. The molecular weight excluding hydrogens is 328 g/mol. The number of para-hydroxylation sites is 1. The number of thioether (sulfide) groups is 1. The fourth-order valence-corrected chi connectivity index (χ4v) is 4.44. The number of nitriles is 2. The molecule has 2 aliphatic heterocycles. The van der Waals surface area contributed by atoms with Crippen LogP contribution in [0.25, 0.3) is 0 Å². The van der Waals surface area contributed by atoms with Gasteiger partial charge in [-0.2, -0.15) is 10.5 Å². The van der Waals surface area contributed by atoms with Gasteiger partial charge in [0.25, 0.3) is 0 Å². The van der Waals surface area contributed by atoms with E-state index in [0.29, 0.717) is 17.0 Å². The third-order valence-electron chi connectivity index (χ3n) is 4.49. The molecule has 25 heavy (non-hydrogen) atoms. The van der Waals surface area contributed by atoms with Crippen LogP contribution in [-0.4, -0.2) is 0 Å². The van der Waals surface area contributed by atoms with Crippen molar-refractivity contribution >= 4 is 17.4 Å². The zero-order chi connectivity index (χ0) is 17.6. The summed E-state index contributed by atoms with van der Waals surface area (Å²) in [5.41, 5.74) is 10.3. The van der Waals surface area contributed by atoms with Crippen LogP contribution in [0.4, 0.5) is 5.69 Å². The molecule has 2 N–H and O–H groups in total. The molecule has 0 amide bonds. The molecule has 4 rings (SSSR count). The third kappa shape index (κ3) is 2.21. The number of fused-ring (bicyclic) bond motifs is 3. The average Bonchev–Trinajstić information content (AvgIpc) is 3.02. The lowest BCUT2D eigenvalue weighted by Crippen LogP contribution is -2.32. The smallest absolute Gasteiger partial charge is 0.123 e. The van der Waals surface area contributed by atoms with Gasteiger partial charge in [0.2, 0.25) is 0 Å². The molecular formula is C20H14N4S. The maximum Gasteiger partial charge on any atom is 0.123 e. The van der Waals surface area contributed by atoms with Gasteiger partial charge in [-0.25, -0.2) is 0 Å². The van der Waals surface area contributed by atoms with Gasteiger partial charge in [0.1, 0.15) is 10.9 Å². The van der Waals surface area contributed by atoms with Crippen LogP contribution in [0.3, 0.4) is 0 Å². The lowest BCUT2D eigenvalue weighted by molar-refractivity contribution is 0.884. The van der Waals surface area contributed by atoms with E-state index in [0.717, 1.165) is 26.7 Å². The number of nitrogens with zero attached hydrogens (tertiary/aromatic N) is 3. The third-order valence-corrected chi connectivity index (χ3v) is 5.65. The fourth-order valence-electron chi connectivity index (χ4n) is 3.26.